The lowest BCUT2D eigenvalue weighted by Crippen LogP contribution is -2.44. The van der Waals surface area contributed by atoms with Crippen molar-refractivity contribution in [2.24, 2.45) is 23.7 Å². The summed E-state index contributed by atoms with van der Waals surface area (Å²) in [7, 11) is -1.24. The molecule has 118 valence electrons. The zero-order chi connectivity index (χ0) is 15.2. The molecule has 4 rings (SSSR count). The first-order chi connectivity index (χ1) is 10.7. The first kappa shape index (κ1) is 14.7. The van der Waals surface area contributed by atoms with Crippen LogP contribution in [0, 0.1) is 23.7 Å². The second-order valence-corrected chi connectivity index (χ2v) is 13.5. The van der Waals surface area contributed by atoms with E-state index in [9.17, 15) is 0 Å². The van der Waals surface area contributed by atoms with Crippen molar-refractivity contribution in [1.29, 1.82) is 0 Å². The minimum Gasteiger partial charge on any atom is -0.0808 e. The Morgan fingerprint density at radius 1 is 0.727 bits per heavy atom. The molecule has 0 bridgehead atoms. The summed E-state index contributed by atoms with van der Waals surface area (Å²) in [4.78, 5) is 0. The predicted octanol–water partition coefficient (Wildman–Crippen LogP) is 6.13. The van der Waals surface area contributed by atoms with Crippen LogP contribution >= 0.6 is 0 Å². The average Bonchev–Trinajstić information content (AvgIpc) is 3.19. The molecule has 0 aromatic heterocycles. The van der Waals surface area contributed by atoms with Gasteiger partial charge >= 0.3 is 0 Å². The van der Waals surface area contributed by atoms with Gasteiger partial charge in [-0.15, -0.1) is 0 Å². The third-order valence-corrected chi connectivity index (χ3v) is 13.9. The highest BCUT2D eigenvalue weighted by atomic mass is 28.3. The Kier molecular flexibility index (Phi) is 3.80. The van der Waals surface area contributed by atoms with Crippen molar-refractivity contribution in [2.45, 2.75) is 56.3 Å². The fourth-order valence-electron chi connectivity index (χ4n) is 6.25. The molecule has 0 N–H and O–H groups in total. The van der Waals surface area contributed by atoms with Crippen molar-refractivity contribution in [2.75, 3.05) is 0 Å². The Hall–Kier alpha value is -0.823. The van der Waals surface area contributed by atoms with Crippen molar-refractivity contribution in [3.05, 3.63) is 48.6 Å². The molecule has 0 radical (unpaired) electrons. The van der Waals surface area contributed by atoms with Gasteiger partial charge in [0.2, 0.25) is 0 Å². The average molecular weight is 311 g/mol. The Bertz CT molecular complexity index is 494. The van der Waals surface area contributed by atoms with E-state index in [1.807, 2.05) is 0 Å². The molecule has 0 saturated heterocycles. The van der Waals surface area contributed by atoms with Crippen LogP contribution in [0.5, 0.6) is 0 Å². The quantitative estimate of drug-likeness (QED) is 0.550. The lowest BCUT2D eigenvalue weighted by molar-refractivity contribution is 0.515. The van der Waals surface area contributed by atoms with Gasteiger partial charge in [0, 0.05) is 0 Å². The van der Waals surface area contributed by atoms with Crippen LogP contribution in [0.4, 0.5) is 0 Å². The summed E-state index contributed by atoms with van der Waals surface area (Å²) in [6.07, 6.45) is 25.2. The summed E-state index contributed by atoms with van der Waals surface area (Å²) in [5.41, 5.74) is 2.04. The fraction of sp³-hybridized carbons (Fsp3) is 0.619. The van der Waals surface area contributed by atoms with Crippen LogP contribution in [-0.4, -0.2) is 8.07 Å². The predicted molar refractivity (Wildman–Crippen MR) is 98.6 cm³/mol. The normalized spacial score (nSPS) is 44.8. The van der Waals surface area contributed by atoms with Gasteiger partial charge in [-0.25, -0.2) is 0 Å². The van der Waals surface area contributed by atoms with Gasteiger partial charge in [0.1, 0.15) is 0 Å². The van der Waals surface area contributed by atoms with Crippen molar-refractivity contribution in [3.63, 3.8) is 0 Å². The van der Waals surface area contributed by atoms with Gasteiger partial charge in [0.05, 0.1) is 8.07 Å². The minimum absolute atomic E-state index is 0.854. The van der Waals surface area contributed by atoms with Crippen LogP contribution < -0.4 is 0 Å². The van der Waals surface area contributed by atoms with E-state index < -0.39 is 8.07 Å². The molecule has 0 amide bonds. The van der Waals surface area contributed by atoms with Gasteiger partial charge < -0.3 is 0 Å². The lowest BCUT2D eigenvalue weighted by atomic mass is 9.91. The van der Waals surface area contributed by atoms with Crippen LogP contribution in [0.25, 0.3) is 0 Å². The molecule has 0 heterocycles. The molecule has 0 aromatic rings. The van der Waals surface area contributed by atoms with Gasteiger partial charge in [-0.05, 0) is 47.6 Å². The second-order valence-electron chi connectivity index (χ2n) is 8.25. The van der Waals surface area contributed by atoms with Gasteiger partial charge in [0.25, 0.3) is 0 Å². The van der Waals surface area contributed by atoms with Crippen molar-refractivity contribution in [1.82, 2.24) is 0 Å². The van der Waals surface area contributed by atoms with Gasteiger partial charge in [-0.3, -0.25) is 0 Å². The highest BCUT2D eigenvalue weighted by Gasteiger charge is 2.53. The highest BCUT2D eigenvalue weighted by Crippen LogP contribution is 2.59. The zero-order valence-corrected chi connectivity index (χ0v) is 15.1. The molecule has 0 aliphatic heterocycles. The van der Waals surface area contributed by atoms with Crippen LogP contribution in [0.3, 0.4) is 0 Å². The lowest BCUT2D eigenvalue weighted by Gasteiger charge is -2.44. The molecular weight excluding hydrogens is 280 g/mol. The molecule has 0 aromatic carbocycles. The third kappa shape index (κ3) is 2.16. The Labute approximate surface area is 137 Å². The van der Waals surface area contributed by atoms with Crippen LogP contribution in [-0.2, 0) is 0 Å². The second kappa shape index (κ2) is 5.67. The Morgan fingerprint density at radius 3 is 1.64 bits per heavy atom. The van der Waals surface area contributed by atoms with E-state index in [-0.39, 0.29) is 0 Å². The van der Waals surface area contributed by atoms with Gasteiger partial charge in [0.15, 0.2) is 0 Å². The van der Waals surface area contributed by atoms with Crippen molar-refractivity contribution in [3.8, 4) is 0 Å². The largest absolute Gasteiger partial charge is 0.0808 e. The maximum Gasteiger partial charge on any atom is 0.0576 e. The maximum atomic E-state index is 2.77. The molecule has 22 heavy (non-hydrogen) atoms. The number of fused-ring (bicyclic) bond motifs is 2. The maximum absolute atomic E-state index is 2.77. The van der Waals surface area contributed by atoms with Crippen LogP contribution in [0.1, 0.15) is 32.6 Å². The first-order valence-corrected chi connectivity index (χ1v) is 12.3. The Balaban J connectivity index is 1.63. The van der Waals surface area contributed by atoms with Gasteiger partial charge in [-0.2, -0.15) is 0 Å². The molecule has 4 aliphatic rings. The number of hydrogen-bond acceptors (Lipinski definition) is 0. The first-order valence-electron chi connectivity index (χ1n) is 9.44. The number of rotatable bonds is 3. The third-order valence-electron chi connectivity index (χ3n) is 7.60. The standard InChI is InChI=1S/C21H30Si/c1-3-22(2,20-14-12-16-8-4-6-10-18(16)20)21-15-13-17-9-5-7-11-19(17)21/h4-11,16-21H,3,12-15H2,1-2H3. The zero-order valence-electron chi connectivity index (χ0n) is 14.1. The molecule has 4 aliphatic carbocycles. The molecule has 6 unspecified atom stereocenters. The topological polar surface area (TPSA) is 0 Å². The molecule has 2 fully saturated rings. The SMILES string of the molecule is CC[Si](C)(C1CCC2C=CC=CC21)C1CCC2C=CC=CC21. The monoisotopic (exact) mass is 310 g/mol. The van der Waals surface area contributed by atoms with Crippen molar-refractivity contribution < 1.29 is 0 Å². The molecule has 0 spiro atoms. The summed E-state index contributed by atoms with van der Waals surface area (Å²) < 4.78 is 0. The van der Waals surface area contributed by atoms with Crippen LogP contribution in [0.15, 0.2) is 48.6 Å². The van der Waals surface area contributed by atoms with E-state index in [1.54, 1.807) is 0 Å². The van der Waals surface area contributed by atoms with E-state index in [0.29, 0.717) is 0 Å². The van der Waals surface area contributed by atoms with Crippen molar-refractivity contribution >= 4 is 8.07 Å². The van der Waals surface area contributed by atoms with E-state index >= 15 is 0 Å². The number of hydrogen-bond donors (Lipinski definition) is 0. The van der Waals surface area contributed by atoms with E-state index in [2.05, 4.69) is 62.1 Å². The highest BCUT2D eigenvalue weighted by molar-refractivity contribution is 6.81. The van der Waals surface area contributed by atoms with Crippen LogP contribution in [0.2, 0.25) is 23.7 Å². The van der Waals surface area contributed by atoms with E-state index in [0.717, 1.165) is 34.8 Å². The number of allylic oxidation sites excluding steroid dienone is 8. The summed E-state index contributed by atoms with van der Waals surface area (Å²) in [6.45, 7) is 5.28. The summed E-state index contributed by atoms with van der Waals surface area (Å²) in [5, 5.41) is 0. The van der Waals surface area contributed by atoms with E-state index in [4.69, 9.17) is 0 Å². The summed E-state index contributed by atoms with van der Waals surface area (Å²) >= 11 is 0. The van der Waals surface area contributed by atoms with E-state index in [1.165, 1.54) is 31.7 Å². The summed E-state index contributed by atoms with van der Waals surface area (Å²) in [6, 6.07) is 1.48. The molecule has 2 saturated carbocycles. The van der Waals surface area contributed by atoms with Gasteiger partial charge in [-0.1, -0.05) is 81.0 Å². The minimum atomic E-state index is -1.24. The Morgan fingerprint density at radius 2 is 1.18 bits per heavy atom. The molecule has 6 atom stereocenters. The summed E-state index contributed by atoms with van der Waals surface area (Å²) in [5.74, 6) is 3.44. The molecular formula is C21H30Si. The fourth-order valence-corrected chi connectivity index (χ4v) is 12.0. The molecule has 1 heteroatoms. The smallest absolute Gasteiger partial charge is 0.0576 e. The molecule has 0 nitrogen and oxygen atoms in total.